The van der Waals surface area contributed by atoms with E-state index in [0.717, 1.165) is 18.5 Å². The maximum absolute atomic E-state index is 6.12. The van der Waals surface area contributed by atoms with E-state index in [-0.39, 0.29) is 0 Å². The van der Waals surface area contributed by atoms with Gasteiger partial charge in [-0.15, -0.1) is 0 Å². The zero-order valence-electron chi connectivity index (χ0n) is 11.3. The molecule has 1 N–H and O–H groups in total. The fourth-order valence-electron chi connectivity index (χ4n) is 1.54. The predicted molar refractivity (Wildman–Crippen MR) is 84.8 cm³/mol. The minimum Gasteiger partial charge on any atom is -0.436 e. The molecule has 106 valence electrons. The van der Waals surface area contributed by atoms with Gasteiger partial charge in [0.1, 0.15) is 5.75 Å². The molecule has 20 heavy (non-hydrogen) atoms. The first-order valence-corrected chi connectivity index (χ1v) is 7.47. The molecule has 0 aliphatic heterocycles. The van der Waals surface area contributed by atoms with E-state index in [0.29, 0.717) is 27.1 Å². The molecule has 0 atom stereocenters. The molecule has 0 fully saturated rings. The summed E-state index contributed by atoms with van der Waals surface area (Å²) in [5, 5.41) is 3.66. The highest BCUT2D eigenvalue weighted by Crippen LogP contribution is 2.33. The SMILES string of the molecule is CCCNc1ncc(Br)c(Oc2cc(C)ccc2Cl)n1. The Hall–Kier alpha value is -1.33. The van der Waals surface area contributed by atoms with Gasteiger partial charge in [-0.1, -0.05) is 24.6 Å². The van der Waals surface area contributed by atoms with Crippen molar-refractivity contribution in [3.63, 3.8) is 0 Å². The zero-order chi connectivity index (χ0) is 14.5. The number of ether oxygens (including phenoxy) is 1. The van der Waals surface area contributed by atoms with Crippen molar-refractivity contribution in [2.75, 3.05) is 11.9 Å². The van der Waals surface area contributed by atoms with Crippen molar-refractivity contribution in [3.05, 3.63) is 39.5 Å². The third kappa shape index (κ3) is 3.84. The molecule has 6 heteroatoms. The Morgan fingerprint density at radius 1 is 1.40 bits per heavy atom. The summed E-state index contributed by atoms with van der Waals surface area (Å²) in [5.41, 5.74) is 1.07. The molecule has 1 aromatic carbocycles. The van der Waals surface area contributed by atoms with Gasteiger partial charge in [0, 0.05) is 6.54 Å². The highest BCUT2D eigenvalue weighted by Gasteiger charge is 2.10. The lowest BCUT2D eigenvalue weighted by Crippen LogP contribution is -2.05. The maximum atomic E-state index is 6.12. The van der Waals surface area contributed by atoms with Crippen molar-refractivity contribution in [3.8, 4) is 11.6 Å². The van der Waals surface area contributed by atoms with Crippen LogP contribution in [0.4, 0.5) is 5.95 Å². The molecule has 0 aliphatic rings. The molecule has 0 bridgehead atoms. The van der Waals surface area contributed by atoms with Crippen LogP contribution in [0.15, 0.2) is 28.9 Å². The molecule has 0 saturated heterocycles. The van der Waals surface area contributed by atoms with E-state index in [9.17, 15) is 0 Å². The van der Waals surface area contributed by atoms with E-state index in [1.165, 1.54) is 0 Å². The van der Waals surface area contributed by atoms with Crippen molar-refractivity contribution in [1.82, 2.24) is 9.97 Å². The van der Waals surface area contributed by atoms with Crippen LogP contribution in [0.1, 0.15) is 18.9 Å². The van der Waals surface area contributed by atoms with Gasteiger partial charge in [-0.05, 0) is 47.0 Å². The van der Waals surface area contributed by atoms with E-state index in [1.807, 2.05) is 19.1 Å². The number of nitrogens with one attached hydrogen (secondary N) is 1. The molecular weight excluding hydrogens is 342 g/mol. The Bertz CT molecular complexity index is 607. The van der Waals surface area contributed by atoms with Crippen LogP contribution in [0.2, 0.25) is 5.02 Å². The topological polar surface area (TPSA) is 47.0 Å². The van der Waals surface area contributed by atoms with Gasteiger partial charge in [0.15, 0.2) is 0 Å². The average molecular weight is 357 g/mol. The van der Waals surface area contributed by atoms with Gasteiger partial charge in [0.05, 0.1) is 15.7 Å². The van der Waals surface area contributed by atoms with E-state index in [4.69, 9.17) is 16.3 Å². The molecule has 1 aromatic heterocycles. The molecule has 0 aliphatic carbocycles. The molecule has 0 unspecified atom stereocenters. The van der Waals surface area contributed by atoms with E-state index in [1.54, 1.807) is 12.3 Å². The van der Waals surface area contributed by atoms with Crippen molar-refractivity contribution in [2.45, 2.75) is 20.3 Å². The molecule has 0 saturated carbocycles. The summed E-state index contributed by atoms with van der Waals surface area (Å²) in [5.74, 6) is 1.55. The average Bonchev–Trinajstić information content (AvgIpc) is 2.43. The second-order valence-corrected chi connectivity index (χ2v) is 5.57. The fraction of sp³-hybridized carbons (Fsp3) is 0.286. The third-order valence-electron chi connectivity index (χ3n) is 2.54. The van der Waals surface area contributed by atoms with Crippen molar-refractivity contribution in [1.29, 1.82) is 0 Å². The lowest BCUT2D eigenvalue weighted by atomic mass is 10.2. The Morgan fingerprint density at radius 2 is 2.20 bits per heavy atom. The first kappa shape index (κ1) is 15.1. The smallest absolute Gasteiger partial charge is 0.238 e. The van der Waals surface area contributed by atoms with Crippen LogP contribution >= 0.6 is 27.5 Å². The summed E-state index contributed by atoms with van der Waals surface area (Å²) >= 11 is 9.50. The highest BCUT2D eigenvalue weighted by atomic mass is 79.9. The van der Waals surface area contributed by atoms with Crippen LogP contribution in [-0.4, -0.2) is 16.5 Å². The molecule has 0 radical (unpaired) electrons. The van der Waals surface area contributed by atoms with Crippen LogP contribution in [-0.2, 0) is 0 Å². The summed E-state index contributed by atoms with van der Waals surface area (Å²) in [7, 11) is 0. The number of aromatic nitrogens is 2. The normalized spacial score (nSPS) is 10.4. The standard InChI is InChI=1S/C14H15BrClN3O/c1-3-6-17-14-18-8-10(15)13(19-14)20-12-7-9(2)4-5-11(12)16/h4-5,7-8H,3,6H2,1-2H3,(H,17,18,19). The van der Waals surface area contributed by atoms with E-state index < -0.39 is 0 Å². The number of hydrogen-bond donors (Lipinski definition) is 1. The number of benzene rings is 1. The maximum Gasteiger partial charge on any atom is 0.238 e. The van der Waals surface area contributed by atoms with Gasteiger partial charge < -0.3 is 10.1 Å². The summed E-state index contributed by atoms with van der Waals surface area (Å²) in [6.07, 6.45) is 2.66. The van der Waals surface area contributed by atoms with Crippen LogP contribution in [0.5, 0.6) is 11.6 Å². The number of aryl methyl sites for hydroxylation is 1. The van der Waals surface area contributed by atoms with Crippen LogP contribution in [0, 0.1) is 6.92 Å². The minimum atomic E-state index is 0.436. The number of anilines is 1. The Morgan fingerprint density at radius 3 is 2.95 bits per heavy atom. The van der Waals surface area contributed by atoms with E-state index in [2.05, 4.69) is 38.1 Å². The van der Waals surface area contributed by atoms with Crippen LogP contribution in [0.25, 0.3) is 0 Å². The highest BCUT2D eigenvalue weighted by molar-refractivity contribution is 9.10. The minimum absolute atomic E-state index is 0.436. The third-order valence-corrected chi connectivity index (χ3v) is 3.39. The fourth-order valence-corrected chi connectivity index (χ4v) is 1.97. The first-order chi connectivity index (χ1) is 9.60. The Balaban J connectivity index is 2.25. The van der Waals surface area contributed by atoms with Crippen LogP contribution < -0.4 is 10.1 Å². The molecule has 0 amide bonds. The molecule has 2 rings (SSSR count). The van der Waals surface area contributed by atoms with Gasteiger partial charge in [-0.3, -0.25) is 0 Å². The second-order valence-electron chi connectivity index (χ2n) is 4.31. The van der Waals surface area contributed by atoms with Crippen molar-refractivity contribution >= 4 is 33.5 Å². The Kier molecular flexibility index (Phi) is 5.20. The molecule has 1 heterocycles. The number of hydrogen-bond acceptors (Lipinski definition) is 4. The first-order valence-electron chi connectivity index (χ1n) is 6.30. The quantitative estimate of drug-likeness (QED) is 0.834. The number of nitrogens with zero attached hydrogens (tertiary/aromatic N) is 2. The zero-order valence-corrected chi connectivity index (χ0v) is 13.6. The second kappa shape index (κ2) is 6.90. The number of rotatable bonds is 5. The Labute approximate surface area is 131 Å². The van der Waals surface area contributed by atoms with Gasteiger partial charge in [-0.2, -0.15) is 4.98 Å². The molecule has 2 aromatic rings. The molecule has 0 spiro atoms. The lowest BCUT2D eigenvalue weighted by Gasteiger charge is -2.10. The lowest BCUT2D eigenvalue weighted by molar-refractivity contribution is 0.458. The van der Waals surface area contributed by atoms with Crippen LogP contribution in [0.3, 0.4) is 0 Å². The van der Waals surface area contributed by atoms with Gasteiger partial charge in [-0.25, -0.2) is 4.98 Å². The molecule has 4 nitrogen and oxygen atoms in total. The summed E-state index contributed by atoms with van der Waals surface area (Å²) in [6, 6.07) is 5.60. The molecular formula is C14H15BrClN3O. The van der Waals surface area contributed by atoms with E-state index >= 15 is 0 Å². The van der Waals surface area contributed by atoms with Gasteiger partial charge >= 0.3 is 0 Å². The van der Waals surface area contributed by atoms with Crippen molar-refractivity contribution < 1.29 is 4.74 Å². The summed E-state index contributed by atoms with van der Waals surface area (Å²) in [6.45, 7) is 4.87. The summed E-state index contributed by atoms with van der Waals surface area (Å²) in [4.78, 5) is 8.50. The van der Waals surface area contributed by atoms with Crippen molar-refractivity contribution in [2.24, 2.45) is 0 Å². The predicted octanol–water partition coefficient (Wildman–Crippen LogP) is 4.82. The number of halogens is 2. The summed E-state index contributed by atoms with van der Waals surface area (Å²) < 4.78 is 6.45. The largest absolute Gasteiger partial charge is 0.436 e. The van der Waals surface area contributed by atoms with Gasteiger partial charge in [0.2, 0.25) is 11.8 Å². The monoisotopic (exact) mass is 355 g/mol. The van der Waals surface area contributed by atoms with Gasteiger partial charge in [0.25, 0.3) is 0 Å².